The molecule has 0 unspecified atom stereocenters. The molecule has 0 spiro atoms. The van der Waals surface area contributed by atoms with E-state index < -0.39 is 0 Å². The van der Waals surface area contributed by atoms with Gasteiger partial charge in [0.1, 0.15) is 17.7 Å². The highest BCUT2D eigenvalue weighted by atomic mass is 79.9. The summed E-state index contributed by atoms with van der Waals surface area (Å²) in [6.07, 6.45) is 7.83. The van der Waals surface area contributed by atoms with E-state index in [1.165, 1.54) is 42.9 Å². The number of thiocarbonyl (C=S) groups is 1. The Morgan fingerprint density at radius 1 is 1.12 bits per heavy atom. The first-order chi connectivity index (χ1) is 16.5. The first kappa shape index (κ1) is 34.0. The minimum atomic E-state index is -0.117. The number of aryl methyl sites for hydroxylation is 1. The maximum Gasteiger partial charge on any atom is 0.314 e. The Labute approximate surface area is 218 Å². The number of rotatable bonds is 6. The van der Waals surface area contributed by atoms with Gasteiger partial charge in [0.05, 0.1) is 5.92 Å². The van der Waals surface area contributed by atoms with Crippen LogP contribution in [0.25, 0.3) is 0 Å². The maximum absolute atomic E-state index is 11.1. The molecule has 1 atom stereocenters. The number of carbonyl (C=O) groups is 2. The molecule has 1 aliphatic heterocycles. The van der Waals surface area contributed by atoms with Crippen molar-refractivity contribution in [1.29, 1.82) is 0 Å². The molecule has 0 aliphatic carbocycles. The van der Waals surface area contributed by atoms with Crippen LogP contribution in [0.15, 0.2) is 61.2 Å². The number of esters is 1. The molecular weight excluding hydrogens is 515 g/mol. The van der Waals surface area contributed by atoms with Gasteiger partial charge in [-0.3, -0.25) is 9.59 Å². The highest BCUT2D eigenvalue weighted by molar-refractivity contribution is 9.08. The van der Waals surface area contributed by atoms with E-state index in [1.54, 1.807) is 0 Å². The standard InChI is InChI=1S/C12H17Br.C10H10O2.C3H4O.C2H6.CHFS/c1-2-3-4-7-11-8-5-6-9-12(11)10-13;1-7-6-8-4-2-3-5-9(8)12-10(7)11;1-2-3-4;1-2;2-1-3/h5-6,8-9H,2-4,7,10H2,1H3;2-5,7H,6H2,1H3;2-3H,1H2;1-2H3;1H/t;7-;;;/m.0.../s1. The fourth-order valence-electron chi connectivity index (χ4n) is 2.89. The molecule has 0 N–H and O–H groups in total. The quantitative estimate of drug-likeness (QED) is 0.0527. The van der Waals surface area contributed by atoms with Crippen LogP contribution in [0.5, 0.6) is 5.75 Å². The fraction of sp³-hybridized carbons (Fsp3) is 0.393. The Morgan fingerprint density at radius 2 is 1.65 bits per heavy atom. The number of allylic oxidation sites excluding steroid dienone is 1. The molecule has 188 valence electrons. The van der Waals surface area contributed by atoms with Gasteiger partial charge in [-0.1, -0.05) is 118 Å². The Bertz CT molecular complexity index is 821. The second-order valence-electron chi connectivity index (χ2n) is 6.95. The first-order valence-corrected chi connectivity index (χ1v) is 13.1. The fourth-order valence-corrected chi connectivity index (χ4v) is 3.44. The van der Waals surface area contributed by atoms with Crippen molar-refractivity contribution in [1.82, 2.24) is 0 Å². The van der Waals surface area contributed by atoms with Gasteiger partial charge in [0, 0.05) is 5.33 Å². The van der Waals surface area contributed by atoms with Gasteiger partial charge in [-0.2, -0.15) is 0 Å². The molecule has 34 heavy (non-hydrogen) atoms. The molecule has 1 aliphatic rings. The van der Waals surface area contributed by atoms with Gasteiger partial charge in [0.2, 0.25) is 0 Å². The van der Waals surface area contributed by atoms with Crippen molar-refractivity contribution in [3.8, 4) is 5.75 Å². The topological polar surface area (TPSA) is 43.4 Å². The summed E-state index contributed by atoms with van der Waals surface area (Å²) in [6.45, 7) is 11.2. The molecule has 0 saturated carbocycles. The minimum absolute atomic E-state index is 0.0000926. The van der Waals surface area contributed by atoms with E-state index in [4.69, 9.17) is 9.53 Å². The molecule has 0 aromatic heterocycles. The third-order valence-corrected chi connectivity index (χ3v) is 5.12. The smallest absolute Gasteiger partial charge is 0.314 e. The number of halogens is 2. The van der Waals surface area contributed by atoms with Crippen LogP contribution in [0, 0.1) is 5.92 Å². The average Bonchev–Trinajstić information content (AvgIpc) is 2.87. The Balaban J connectivity index is 0. The SMILES string of the molecule is C=CC=O.CC.CCCCCc1ccccc1CBr.C[C@H]1Cc2ccccc2OC1=O.FC=S. The third kappa shape index (κ3) is 15.6. The van der Waals surface area contributed by atoms with Crippen LogP contribution in [0.2, 0.25) is 0 Å². The van der Waals surface area contributed by atoms with E-state index >= 15 is 0 Å². The monoisotopic (exact) mass is 552 g/mol. The van der Waals surface area contributed by atoms with Crippen LogP contribution in [0.4, 0.5) is 4.39 Å². The molecule has 6 heteroatoms. The maximum atomic E-state index is 11.1. The number of para-hydroxylation sites is 1. The number of hydrogen-bond donors (Lipinski definition) is 0. The van der Waals surface area contributed by atoms with Crippen molar-refractivity contribution >= 4 is 46.0 Å². The summed E-state index contributed by atoms with van der Waals surface area (Å²) in [7, 11) is 0. The summed E-state index contributed by atoms with van der Waals surface area (Å²) in [5.41, 5.74) is 4.16. The van der Waals surface area contributed by atoms with Crippen LogP contribution in [-0.2, 0) is 27.8 Å². The van der Waals surface area contributed by atoms with Gasteiger partial charge in [-0.25, -0.2) is 4.39 Å². The zero-order valence-electron chi connectivity index (χ0n) is 20.8. The van der Waals surface area contributed by atoms with Gasteiger partial charge in [0.15, 0.2) is 0 Å². The van der Waals surface area contributed by atoms with Crippen LogP contribution in [0.1, 0.15) is 63.6 Å². The lowest BCUT2D eigenvalue weighted by atomic mass is 9.98. The summed E-state index contributed by atoms with van der Waals surface area (Å²) >= 11 is 7.12. The Morgan fingerprint density at radius 3 is 2.18 bits per heavy atom. The number of hydrogen-bond acceptors (Lipinski definition) is 4. The number of alkyl halides is 1. The van der Waals surface area contributed by atoms with Gasteiger partial charge >= 0.3 is 5.97 Å². The van der Waals surface area contributed by atoms with E-state index in [-0.39, 0.29) is 17.5 Å². The second-order valence-corrected chi connectivity index (χ2v) is 7.69. The van der Waals surface area contributed by atoms with E-state index in [0.717, 1.165) is 23.1 Å². The molecule has 3 nitrogen and oxygen atoms in total. The molecule has 0 fully saturated rings. The lowest BCUT2D eigenvalue weighted by Gasteiger charge is -2.19. The molecule has 1 heterocycles. The summed E-state index contributed by atoms with van der Waals surface area (Å²) in [5, 5.41) is 0.981. The van der Waals surface area contributed by atoms with Crippen molar-refractivity contribution in [2.75, 3.05) is 0 Å². The number of unbranched alkanes of at least 4 members (excludes halogenated alkanes) is 2. The number of carbonyl (C=O) groups excluding carboxylic acids is 2. The van der Waals surface area contributed by atoms with Crippen LogP contribution >= 0.6 is 28.1 Å². The molecule has 2 aromatic rings. The van der Waals surface area contributed by atoms with E-state index in [0.29, 0.717) is 6.29 Å². The van der Waals surface area contributed by atoms with Crippen LogP contribution in [-0.4, -0.2) is 17.9 Å². The summed E-state index contributed by atoms with van der Waals surface area (Å²) in [6, 6.07) is 16.4. The van der Waals surface area contributed by atoms with Crippen molar-refractivity contribution < 1.29 is 18.7 Å². The summed E-state index contributed by atoms with van der Waals surface area (Å²) < 4.78 is 15.1. The predicted molar refractivity (Wildman–Crippen MR) is 150 cm³/mol. The van der Waals surface area contributed by atoms with Crippen molar-refractivity contribution in [3.05, 3.63) is 77.9 Å². The van der Waals surface area contributed by atoms with E-state index in [2.05, 4.69) is 65.9 Å². The number of ether oxygens (including phenoxy) is 1. The molecule has 0 amide bonds. The van der Waals surface area contributed by atoms with Crippen LogP contribution < -0.4 is 4.74 Å². The predicted octanol–water partition coefficient (Wildman–Crippen LogP) is 8.41. The zero-order valence-corrected chi connectivity index (χ0v) is 23.2. The Hall–Kier alpha value is -2.18. The second kappa shape index (κ2) is 24.0. The molecular formula is C28H38BrFO3S. The van der Waals surface area contributed by atoms with Gasteiger partial charge in [0.25, 0.3) is 0 Å². The number of aldehydes is 1. The highest BCUT2D eigenvalue weighted by Crippen LogP contribution is 2.27. The summed E-state index contributed by atoms with van der Waals surface area (Å²) in [4.78, 5) is 20.2. The lowest BCUT2D eigenvalue weighted by molar-refractivity contribution is -0.139. The highest BCUT2D eigenvalue weighted by Gasteiger charge is 2.23. The lowest BCUT2D eigenvalue weighted by Crippen LogP contribution is -2.24. The van der Waals surface area contributed by atoms with E-state index in [9.17, 15) is 9.18 Å². The molecule has 3 rings (SSSR count). The Kier molecular flexibility index (Phi) is 24.0. The average molecular weight is 554 g/mol. The van der Waals surface area contributed by atoms with Crippen LogP contribution in [0.3, 0.4) is 0 Å². The first-order valence-electron chi connectivity index (χ1n) is 11.5. The molecule has 2 aromatic carbocycles. The third-order valence-electron chi connectivity index (χ3n) is 4.52. The summed E-state index contributed by atoms with van der Waals surface area (Å²) in [5.74, 6) is 0.606. The zero-order chi connectivity index (χ0) is 26.2. The van der Waals surface area contributed by atoms with Crippen molar-refractivity contribution in [3.63, 3.8) is 0 Å². The number of fused-ring (bicyclic) bond motifs is 1. The van der Waals surface area contributed by atoms with E-state index in [1.807, 2.05) is 45.0 Å². The minimum Gasteiger partial charge on any atom is -0.426 e. The van der Waals surface area contributed by atoms with Gasteiger partial charge in [-0.05, 0) is 48.1 Å². The number of benzene rings is 2. The van der Waals surface area contributed by atoms with Crippen molar-refractivity contribution in [2.24, 2.45) is 5.92 Å². The van der Waals surface area contributed by atoms with Crippen molar-refractivity contribution in [2.45, 2.75) is 65.1 Å². The largest absolute Gasteiger partial charge is 0.426 e. The molecule has 0 radical (unpaired) electrons. The normalized spacial score (nSPS) is 12.6. The van der Waals surface area contributed by atoms with Gasteiger partial charge < -0.3 is 4.74 Å². The van der Waals surface area contributed by atoms with Gasteiger partial charge in [-0.15, -0.1) is 0 Å². The molecule has 0 saturated heterocycles. The molecule has 0 bridgehead atoms.